The lowest BCUT2D eigenvalue weighted by molar-refractivity contribution is -0.117. The fourth-order valence-corrected chi connectivity index (χ4v) is 4.02. The molecule has 0 atom stereocenters. The number of hydrogen-bond acceptors (Lipinski definition) is 4. The van der Waals surface area contributed by atoms with E-state index in [0.29, 0.717) is 21.9 Å². The quantitative estimate of drug-likeness (QED) is 0.438. The lowest BCUT2D eigenvalue weighted by atomic mass is 10.0. The Hall–Kier alpha value is -3.91. The Kier molecular flexibility index (Phi) is 5.02. The molecule has 9 heteroatoms. The van der Waals surface area contributed by atoms with Crippen molar-refractivity contribution in [2.75, 3.05) is 5.32 Å². The number of hydrogen-bond donors (Lipinski definition) is 1. The normalized spacial score (nSPS) is 11.4. The van der Waals surface area contributed by atoms with Gasteiger partial charge in [-0.15, -0.1) is 5.10 Å². The third-order valence-corrected chi connectivity index (χ3v) is 6.11. The molecule has 1 amide bonds. The van der Waals surface area contributed by atoms with Gasteiger partial charge in [0.15, 0.2) is 5.65 Å². The SMILES string of the molecule is Cc1ccc(C)c(-c2cc3c4nn(CC(=O)Nc5cccc(Cl)c5C)c(=O)n4ccn3n2)c1. The van der Waals surface area contributed by atoms with Gasteiger partial charge in [-0.25, -0.2) is 18.4 Å². The molecule has 2 aromatic carbocycles. The second kappa shape index (κ2) is 7.90. The Morgan fingerprint density at radius 1 is 1.06 bits per heavy atom. The molecule has 0 unspecified atom stereocenters. The average Bonchev–Trinajstić information content (AvgIpc) is 3.35. The van der Waals surface area contributed by atoms with E-state index in [1.54, 1.807) is 35.1 Å². The molecular weight excluding hydrogens is 440 g/mol. The maximum absolute atomic E-state index is 12.9. The lowest BCUT2D eigenvalue weighted by Gasteiger charge is -2.08. The number of rotatable bonds is 4. The molecule has 0 saturated carbocycles. The highest BCUT2D eigenvalue weighted by Gasteiger charge is 2.16. The first-order valence-corrected chi connectivity index (χ1v) is 10.8. The number of nitrogens with one attached hydrogen (secondary N) is 1. The monoisotopic (exact) mass is 460 g/mol. The molecule has 0 aliphatic rings. The summed E-state index contributed by atoms with van der Waals surface area (Å²) in [7, 11) is 0. The van der Waals surface area contributed by atoms with Crippen LogP contribution in [0.15, 0.2) is 59.7 Å². The fourth-order valence-electron chi connectivity index (χ4n) is 3.85. The summed E-state index contributed by atoms with van der Waals surface area (Å²) < 4.78 is 4.26. The topological polar surface area (TPSA) is 85.7 Å². The lowest BCUT2D eigenvalue weighted by Crippen LogP contribution is -2.28. The van der Waals surface area contributed by atoms with Crippen LogP contribution in [0.4, 0.5) is 5.69 Å². The van der Waals surface area contributed by atoms with Gasteiger partial charge in [0.2, 0.25) is 5.91 Å². The van der Waals surface area contributed by atoms with Gasteiger partial charge in [-0.2, -0.15) is 5.10 Å². The minimum Gasteiger partial charge on any atom is -0.324 e. The van der Waals surface area contributed by atoms with Gasteiger partial charge in [-0.1, -0.05) is 35.4 Å². The second-order valence-electron chi connectivity index (χ2n) is 8.07. The zero-order valence-electron chi connectivity index (χ0n) is 18.3. The number of carbonyl (C=O) groups excluding carboxylic acids is 1. The van der Waals surface area contributed by atoms with Crippen LogP contribution in [0, 0.1) is 20.8 Å². The fraction of sp³-hybridized carbons (Fsp3) is 0.167. The summed E-state index contributed by atoms with van der Waals surface area (Å²) in [6.07, 6.45) is 3.31. The van der Waals surface area contributed by atoms with E-state index in [2.05, 4.69) is 33.7 Å². The average molecular weight is 461 g/mol. The summed E-state index contributed by atoms with van der Waals surface area (Å²) in [4.78, 5) is 25.5. The van der Waals surface area contributed by atoms with E-state index in [1.807, 2.05) is 26.8 Å². The molecule has 3 heterocycles. The van der Waals surface area contributed by atoms with Crippen LogP contribution in [0.5, 0.6) is 0 Å². The van der Waals surface area contributed by atoms with Crippen molar-refractivity contribution in [2.24, 2.45) is 0 Å². The van der Waals surface area contributed by atoms with Crippen molar-refractivity contribution in [3.63, 3.8) is 0 Å². The van der Waals surface area contributed by atoms with E-state index >= 15 is 0 Å². The number of anilines is 1. The van der Waals surface area contributed by atoms with Crippen LogP contribution in [0.2, 0.25) is 5.02 Å². The predicted octanol–water partition coefficient (Wildman–Crippen LogP) is 4.03. The molecule has 0 spiro atoms. The van der Waals surface area contributed by atoms with Crippen LogP contribution in [0.25, 0.3) is 22.4 Å². The first kappa shape index (κ1) is 21.0. The number of carbonyl (C=O) groups is 1. The van der Waals surface area contributed by atoms with Crippen LogP contribution >= 0.6 is 11.6 Å². The smallest absolute Gasteiger partial charge is 0.324 e. The van der Waals surface area contributed by atoms with Crippen LogP contribution < -0.4 is 11.0 Å². The van der Waals surface area contributed by atoms with Crippen molar-refractivity contribution in [2.45, 2.75) is 27.3 Å². The Labute approximate surface area is 194 Å². The number of aromatic nitrogens is 5. The number of amides is 1. The number of fused-ring (bicyclic) bond motifs is 3. The highest BCUT2D eigenvalue weighted by molar-refractivity contribution is 6.31. The van der Waals surface area contributed by atoms with Crippen molar-refractivity contribution in [3.8, 4) is 11.3 Å². The van der Waals surface area contributed by atoms with Gasteiger partial charge in [0, 0.05) is 28.7 Å². The Bertz CT molecular complexity index is 1610. The summed E-state index contributed by atoms with van der Waals surface area (Å²) in [5.41, 5.74) is 6.12. The van der Waals surface area contributed by atoms with Crippen molar-refractivity contribution in [3.05, 3.63) is 87.1 Å². The largest absolute Gasteiger partial charge is 0.350 e. The summed E-state index contributed by atoms with van der Waals surface area (Å²) in [5.74, 6) is -0.369. The summed E-state index contributed by atoms with van der Waals surface area (Å²) in [5, 5.41) is 12.4. The molecular formula is C24H21ClN6O2. The van der Waals surface area contributed by atoms with E-state index in [-0.39, 0.29) is 12.5 Å². The maximum Gasteiger partial charge on any atom is 0.350 e. The molecule has 0 fully saturated rings. The molecule has 1 N–H and O–H groups in total. The van der Waals surface area contributed by atoms with Crippen molar-refractivity contribution in [1.29, 1.82) is 0 Å². The first-order valence-electron chi connectivity index (χ1n) is 10.4. The summed E-state index contributed by atoms with van der Waals surface area (Å²) in [6.45, 7) is 5.66. The predicted molar refractivity (Wildman–Crippen MR) is 128 cm³/mol. The molecule has 0 aliphatic carbocycles. The summed E-state index contributed by atoms with van der Waals surface area (Å²) >= 11 is 6.13. The standard InChI is InChI=1S/C24H21ClN6O2/c1-14-7-8-15(2)17(11-14)20-12-21-23-28-31(24(33)29(23)9-10-30(21)27-20)13-22(32)26-19-6-4-5-18(25)16(19)3/h4-12H,13H2,1-3H3,(H,26,32). The van der Waals surface area contributed by atoms with Crippen LogP contribution in [-0.4, -0.2) is 29.7 Å². The van der Waals surface area contributed by atoms with E-state index in [9.17, 15) is 9.59 Å². The molecule has 0 aliphatic heterocycles. The first-order chi connectivity index (χ1) is 15.8. The summed E-state index contributed by atoms with van der Waals surface area (Å²) in [6, 6.07) is 13.4. The number of nitrogens with zero attached hydrogens (tertiary/aromatic N) is 5. The van der Waals surface area contributed by atoms with E-state index < -0.39 is 5.69 Å². The minimum atomic E-state index is -0.403. The van der Waals surface area contributed by atoms with E-state index in [1.165, 1.54) is 4.40 Å². The molecule has 166 valence electrons. The van der Waals surface area contributed by atoms with Crippen molar-refractivity contribution >= 4 is 34.4 Å². The minimum absolute atomic E-state index is 0.226. The molecule has 33 heavy (non-hydrogen) atoms. The highest BCUT2D eigenvalue weighted by Crippen LogP contribution is 2.26. The molecule has 3 aromatic heterocycles. The molecule has 5 aromatic rings. The number of benzene rings is 2. The molecule has 0 bridgehead atoms. The number of halogens is 1. The zero-order chi connectivity index (χ0) is 23.3. The second-order valence-corrected chi connectivity index (χ2v) is 8.48. The zero-order valence-corrected chi connectivity index (χ0v) is 19.1. The van der Waals surface area contributed by atoms with Gasteiger partial charge in [-0.05, 0) is 56.2 Å². The van der Waals surface area contributed by atoms with Gasteiger partial charge in [0.25, 0.3) is 0 Å². The van der Waals surface area contributed by atoms with Crippen LogP contribution in [0.3, 0.4) is 0 Å². The van der Waals surface area contributed by atoms with Crippen molar-refractivity contribution < 1.29 is 4.79 Å². The number of aryl methyl sites for hydroxylation is 2. The van der Waals surface area contributed by atoms with Crippen molar-refractivity contribution in [1.82, 2.24) is 23.8 Å². The van der Waals surface area contributed by atoms with Gasteiger partial charge in [-0.3, -0.25) is 4.79 Å². The third kappa shape index (κ3) is 3.68. The third-order valence-electron chi connectivity index (χ3n) is 5.70. The molecule has 5 rings (SSSR count). The van der Waals surface area contributed by atoms with E-state index in [4.69, 9.17) is 11.6 Å². The molecule has 0 saturated heterocycles. The van der Waals surface area contributed by atoms with Crippen LogP contribution in [-0.2, 0) is 11.3 Å². The Morgan fingerprint density at radius 2 is 1.88 bits per heavy atom. The Morgan fingerprint density at radius 3 is 2.70 bits per heavy atom. The van der Waals surface area contributed by atoms with Gasteiger partial charge in [0.05, 0.1) is 5.69 Å². The van der Waals surface area contributed by atoms with E-state index in [0.717, 1.165) is 32.6 Å². The van der Waals surface area contributed by atoms with Gasteiger partial charge < -0.3 is 5.32 Å². The van der Waals surface area contributed by atoms with Crippen LogP contribution in [0.1, 0.15) is 16.7 Å². The molecule has 0 radical (unpaired) electrons. The Balaban J connectivity index is 1.51. The van der Waals surface area contributed by atoms with Gasteiger partial charge in [0.1, 0.15) is 12.1 Å². The molecule has 8 nitrogen and oxygen atoms in total. The maximum atomic E-state index is 12.9. The van der Waals surface area contributed by atoms with Gasteiger partial charge >= 0.3 is 5.69 Å². The highest BCUT2D eigenvalue weighted by atomic mass is 35.5.